The molecule has 0 N–H and O–H groups in total. The van der Waals surface area contributed by atoms with E-state index in [0.717, 1.165) is 0 Å². The first-order chi connectivity index (χ1) is 25.1. The second-order valence-corrected chi connectivity index (χ2v) is 19.8. The van der Waals surface area contributed by atoms with E-state index in [1.54, 1.807) is 6.56 Å². The molecule has 6 aromatic carbocycles. The molecule has 10 rings (SSSR count). The molecule has 2 atom stereocenters. The summed E-state index contributed by atoms with van der Waals surface area (Å²) in [6.45, 7) is 4.50. The van der Waals surface area contributed by atoms with Crippen LogP contribution in [-0.4, -0.2) is 0 Å². The van der Waals surface area contributed by atoms with Gasteiger partial charge in [0.1, 0.15) is 0 Å². The topological polar surface area (TPSA) is 0 Å². The average molecular weight is 837 g/mol. The zero-order valence-electron chi connectivity index (χ0n) is 29.2. The zero-order chi connectivity index (χ0) is 34.1. The van der Waals surface area contributed by atoms with Crippen LogP contribution < -0.4 is 24.8 Å². The molecule has 2 aliphatic carbocycles. The molecule has 0 fully saturated rings. The van der Waals surface area contributed by atoms with E-state index in [9.17, 15) is 0 Å². The van der Waals surface area contributed by atoms with Crippen molar-refractivity contribution in [2.45, 2.75) is 25.7 Å². The smallest absolute Gasteiger partial charge is 1.00 e. The molecule has 2 unspecified atom stereocenters. The Hall–Kier alpha value is -3.82. The molecular formula is C48H34Cl2S2Zr. The van der Waals surface area contributed by atoms with Crippen LogP contribution in [0.3, 0.4) is 0 Å². The Morgan fingerprint density at radius 2 is 0.811 bits per heavy atom. The van der Waals surface area contributed by atoms with Gasteiger partial charge in [0.15, 0.2) is 0 Å². The van der Waals surface area contributed by atoms with Crippen LogP contribution in [0.5, 0.6) is 0 Å². The van der Waals surface area contributed by atoms with Crippen LogP contribution in [-0.2, 0) is 23.2 Å². The summed E-state index contributed by atoms with van der Waals surface area (Å²) in [6.07, 6.45) is 5.26. The quantitative estimate of drug-likeness (QED) is 0.160. The molecule has 0 bridgehead atoms. The van der Waals surface area contributed by atoms with Gasteiger partial charge in [-0.3, -0.25) is 0 Å². The number of rotatable bonds is 6. The second-order valence-electron chi connectivity index (χ2n) is 13.8. The summed E-state index contributed by atoms with van der Waals surface area (Å²) in [5, 5.41) is 5.23. The fraction of sp³-hybridized carbons (Fsp3) is 0.0833. The molecule has 2 aliphatic rings. The number of thiophene rings is 2. The Balaban J connectivity index is 0.00000200. The number of aryl methyl sites for hydroxylation is 2. The SMILES string of the molecule is Cc1ccc(C2[C]([Zr+2][C]3=Cc4c(-c5cccc6ccccc56)cccc4C3c3ccc(C)s3)=Cc3c(-c4cccc5ccccc45)cccc32)s1.[Cl-].[Cl-]. The van der Waals surface area contributed by atoms with E-state index in [1.807, 2.05) is 22.7 Å². The number of halogens is 2. The molecule has 8 aromatic rings. The van der Waals surface area contributed by atoms with E-state index in [1.165, 1.54) is 85.6 Å². The number of allylic oxidation sites excluding steroid dienone is 2. The van der Waals surface area contributed by atoms with Gasteiger partial charge in [0.25, 0.3) is 0 Å². The molecule has 0 saturated heterocycles. The summed E-state index contributed by atoms with van der Waals surface area (Å²) in [4.78, 5) is 5.72. The Morgan fingerprint density at radius 1 is 0.415 bits per heavy atom. The van der Waals surface area contributed by atoms with Crippen LogP contribution >= 0.6 is 22.7 Å². The Labute approximate surface area is 343 Å². The average Bonchev–Trinajstić information content (AvgIpc) is 3.95. The van der Waals surface area contributed by atoms with Crippen LogP contribution in [0.2, 0.25) is 0 Å². The fourth-order valence-electron chi connectivity index (χ4n) is 8.41. The monoisotopic (exact) mass is 834 g/mol. The van der Waals surface area contributed by atoms with Gasteiger partial charge >= 0.3 is 321 Å². The van der Waals surface area contributed by atoms with Gasteiger partial charge in [0.2, 0.25) is 0 Å². The number of hydrogen-bond acceptors (Lipinski definition) is 2. The molecule has 0 aliphatic heterocycles. The van der Waals surface area contributed by atoms with E-state index in [0.29, 0.717) is 11.8 Å². The molecule has 2 heterocycles. The number of benzene rings is 6. The minimum atomic E-state index is -1.27. The van der Waals surface area contributed by atoms with Crippen molar-refractivity contribution in [1.29, 1.82) is 0 Å². The van der Waals surface area contributed by atoms with Crippen molar-refractivity contribution in [3.8, 4) is 22.3 Å². The Morgan fingerprint density at radius 3 is 1.25 bits per heavy atom. The van der Waals surface area contributed by atoms with Crippen molar-refractivity contribution in [2.75, 3.05) is 0 Å². The first-order valence-electron chi connectivity index (χ1n) is 17.7. The van der Waals surface area contributed by atoms with Gasteiger partial charge in [0.05, 0.1) is 0 Å². The number of hydrogen-bond donors (Lipinski definition) is 0. The van der Waals surface area contributed by atoms with Gasteiger partial charge in [-0.15, -0.1) is 0 Å². The first-order valence-corrected chi connectivity index (χ1v) is 21.7. The predicted octanol–water partition coefficient (Wildman–Crippen LogP) is 7.83. The van der Waals surface area contributed by atoms with Crippen molar-refractivity contribution in [1.82, 2.24) is 0 Å². The normalized spacial score (nSPS) is 15.6. The van der Waals surface area contributed by atoms with Crippen LogP contribution in [0, 0.1) is 13.8 Å². The summed E-state index contributed by atoms with van der Waals surface area (Å²) in [7, 11) is 0. The summed E-state index contributed by atoms with van der Waals surface area (Å²) in [5.74, 6) is 0.626. The summed E-state index contributed by atoms with van der Waals surface area (Å²) >= 11 is 2.68. The molecule has 0 nitrogen and oxygen atoms in total. The third-order valence-corrected chi connectivity index (χ3v) is 16.3. The third-order valence-electron chi connectivity index (χ3n) is 10.7. The van der Waals surface area contributed by atoms with Gasteiger partial charge < -0.3 is 24.8 Å². The van der Waals surface area contributed by atoms with Crippen molar-refractivity contribution < 1.29 is 48.0 Å². The maximum absolute atomic E-state index is 2.63. The van der Waals surface area contributed by atoms with Gasteiger partial charge in [-0.2, -0.15) is 0 Å². The van der Waals surface area contributed by atoms with Crippen LogP contribution in [0.4, 0.5) is 0 Å². The zero-order valence-corrected chi connectivity index (χ0v) is 34.8. The third kappa shape index (κ3) is 6.25. The molecule has 0 amide bonds. The van der Waals surface area contributed by atoms with Gasteiger partial charge in [-0.1, -0.05) is 0 Å². The van der Waals surface area contributed by atoms with E-state index >= 15 is 0 Å². The van der Waals surface area contributed by atoms with Crippen LogP contribution in [0.25, 0.3) is 56.0 Å². The van der Waals surface area contributed by atoms with E-state index in [4.69, 9.17) is 0 Å². The Bertz CT molecular complexity index is 2530. The predicted molar refractivity (Wildman–Crippen MR) is 217 cm³/mol. The second kappa shape index (κ2) is 14.8. The number of fused-ring (bicyclic) bond motifs is 4. The van der Waals surface area contributed by atoms with Gasteiger partial charge in [0, 0.05) is 0 Å². The molecule has 2 aromatic heterocycles. The summed E-state index contributed by atoms with van der Waals surface area (Å²) < 4.78 is 3.32. The molecule has 256 valence electrons. The van der Waals surface area contributed by atoms with Crippen molar-refractivity contribution >= 4 is 56.4 Å². The van der Waals surface area contributed by atoms with Crippen molar-refractivity contribution in [3.63, 3.8) is 0 Å². The summed E-state index contributed by atoms with van der Waals surface area (Å²) in [6, 6.07) is 54.7. The molecule has 5 heteroatoms. The van der Waals surface area contributed by atoms with Gasteiger partial charge in [-0.05, 0) is 0 Å². The molecular weight excluding hydrogens is 803 g/mol. The minimum absolute atomic E-state index is 0. The first kappa shape index (κ1) is 36.2. The van der Waals surface area contributed by atoms with Crippen LogP contribution in [0.1, 0.15) is 53.6 Å². The maximum Gasteiger partial charge on any atom is -1.00 e. The molecule has 0 radical (unpaired) electrons. The van der Waals surface area contributed by atoms with Crippen molar-refractivity contribution in [2.24, 2.45) is 0 Å². The van der Waals surface area contributed by atoms with Crippen LogP contribution in [0.15, 0.2) is 152 Å². The Kier molecular flexibility index (Phi) is 10.1. The molecule has 53 heavy (non-hydrogen) atoms. The van der Waals surface area contributed by atoms with Crippen molar-refractivity contribution in [3.05, 3.63) is 194 Å². The maximum atomic E-state index is 2.63. The minimum Gasteiger partial charge on any atom is -1.00 e. The van der Waals surface area contributed by atoms with E-state index in [2.05, 4.69) is 172 Å². The molecule has 0 spiro atoms. The standard InChI is InChI=1S/2C24H17S.2ClH.Zr/c2*1-16-12-15-24(25-16)23-14-13-22-20(10-5-11-21(22)23)19-9-4-7-17-6-2-3-8-18(17)19;;;/h2*2-13,15,23H,1H3;2*1H;/q;;;;+2/p-2. The fourth-order valence-corrected chi connectivity index (χ4v) is 15.1. The van der Waals surface area contributed by atoms with Gasteiger partial charge in [-0.25, -0.2) is 0 Å². The van der Waals surface area contributed by atoms with E-state index < -0.39 is 23.2 Å². The summed E-state index contributed by atoms with van der Waals surface area (Å²) in [5.41, 5.74) is 11.1. The molecule has 0 saturated carbocycles. The largest absolute Gasteiger partial charge is 1.00 e. The van der Waals surface area contributed by atoms with E-state index in [-0.39, 0.29) is 24.8 Å².